The van der Waals surface area contributed by atoms with Crippen LogP contribution in [0.3, 0.4) is 0 Å². The number of amides is 1. The molecular weight excluding hydrogens is 314 g/mol. The van der Waals surface area contributed by atoms with Gasteiger partial charge in [0.15, 0.2) is 6.10 Å². The normalized spacial score (nSPS) is 14.3. The molecule has 3 rings (SSSR count). The van der Waals surface area contributed by atoms with Crippen LogP contribution in [0.1, 0.15) is 37.8 Å². The van der Waals surface area contributed by atoms with Gasteiger partial charge in [-0.2, -0.15) is 0 Å². The van der Waals surface area contributed by atoms with Crippen LogP contribution in [0, 0.1) is 0 Å². The predicted molar refractivity (Wildman–Crippen MR) is 99.4 cm³/mol. The number of carbonyl (C=O) groups is 1. The second kappa shape index (κ2) is 8.06. The fourth-order valence-corrected chi connectivity index (χ4v) is 3.15. The molecule has 0 saturated carbocycles. The first-order valence-electron chi connectivity index (χ1n) is 8.98. The second-order valence-electron chi connectivity index (χ2n) is 6.31. The lowest BCUT2D eigenvalue weighted by Gasteiger charge is -2.22. The van der Waals surface area contributed by atoms with E-state index in [4.69, 9.17) is 9.47 Å². The molecule has 1 amide bonds. The number of aryl methyl sites for hydroxylation is 1. The summed E-state index contributed by atoms with van der Waals surface area (Å²) in [4.78, 5) is 12.4. The first kappa shape index (κ1) is 17.3. The van der Waals surface area contributed by atoms with E-state index in [0.717, 1.165) is 30.0 Å². The number of rotatable bonds is 6. The minimum Gasteiger partial charge on any atom is -0.494 e. The summed E-state index contributed by atoms with van der Waals surface area (Å²) in [5.74, 6) is 1.48. The Balaban J connectivity index is 1.63. The lowest BCUT2D eigenvalue weighted by atomic mass is 9.91. The lowest BCUT2D eigenvalue weighted by Crippen LogP contribution is -2.30. The fourth-order valence-electron chi connectivity index (χ4n) is 3.15. The Morgan fingerprint density at radius 2 is 1.88 bits per heavy atom. The van der Waals surface area contributed by atoms with E-state index in [0.29, 0.717) is 6.61 Å². The third-order valence-electron chi connectivity index (χ3n) is 4.46. The van der Waals surface area contributed by atoms with Crippen molar-refractivity contribution in [3.05, 3.63) is 53.6 Å². The summed E-state index contributed by atoms with van der Waals surface area (Å²) in [6.45, 7) is 4.35. The van der Waals surface area contributed by atoms with Crippen LogP contribution in [-0.2, 0) is 17.6 Å². The van der Waals surface area contributed by atoms with E-state index in [1.54, 1.807) is 6.92 Å². The minimum absolute atomic E-state index is 0.155. The van der Waals surface area contributed by atoms with Gasteiger partial charge in [0.25, 0.3) is 5.91 Å². The zero-order chi connectivity index (χ0) is 17.6. The molecule has 2 aromatic carbocycles. The molecule has 1 N–H and O–H groups in total. The summed E-state index contributed by atoms with van der Waals surface area (Å²) >= 11 is 0. The topological polar surface area (TPSA) is 47.6 Å². The second-order valence-corrected chi connectivity index (χ2v) is 6.31. The minimum atomic E-state index is -0.556. The highest BCUT2D eigenvalue weighted by Crippen LogP contribution is 2.30. The van der Waals surface area contributed by atoms with Crippen LogP contribution in [0.15, 0.2) is 42.5 Å². The summed E-state index contributed by atoms with van der Waals surface area (Å²) in [7, 11) is 0. The molecule has 2 aromatic rings. The van der Waals surface area contributed by atoms with Crippen molar-refractivity contribution in [3.63, 3.8) is 0 Å². The van der Waals surface area contributed by atoms with Gasteiger partial charge in [-0.15, -0.1) is 0 Å². The molecular formula is C21H25NO3. The standard InChI is InChI=1S/C21H25NO3/c1-3-24-18-13-11-17(12-14-18)22-21(23)15(2)25-20-10-6-8-16-7-4-5-9-19(16)20/h6,8,10-15H,3-5,7,9H2,1-2H3,(H,22,23)/t15-/m0/s1. The lowest BCUT2D eigenvalue weighted by molar-refractivity contribution is -0.122. The Morgan fingerprint density at radius 3 is 2.64 bits per heavy atom. The van der Waals surface area contributed by atoms with E-state index >= 15 is 0 Å². The highest BCUT2D eigenvalue weighted by atomic mass is 16.5. The molecule has 0 spiro atoms. The quantitative estimate of drug-likeness (QED) is 0.850. The number of ether oxygens (including phenoxy) is 2. The van der Waals surface area contributed by atoms with Crippen molar-refractivity contribution in [1.29, 1.82) is 0 Å². The van der Waals surface area contributed by atoms with E-state index in [1.807, 2.05) is 43.3 Å². The van der Waals surface area contributed by atoms with Crippen LogP contribution in [0.5, 0.6) is 11.5 Å². The number of hydrogen-bond donors (Lipinski definition) is 1. The highest BCUT2D eigenvalue weighted by molar-refractivity contribution is 5.94. The Bertz CT molecular complexity index is 724. The average molecular weight is 339 g/mol. The van der Waals surface area contributed by atoms with Crippen molar-refractivity contribution < 1.29 is 14.3 Å². The fraction of sp³-hybridized carbons (Fsp3) is 0.381. The van der Waals surface area contributed by atoms with Gasteiger partial charge in [-0.1, -0.05) is 12.1 Å². The van der Waals surface area contributed by atoms with E-state index in [-0.39, 0.29) is 5.91 Å². The van der Waals surface area contributed by atoms with Crippen LogP contribution < -0.4 is 14.8 Å². The monoisotopic (exact) mass is 339 g/mol. The van der Waals surface area contributed by atoms with Crippen molar-refractivity contribution in [2.45, 2.75) is 45.6 Å². The predicted octanol–water partition coefficient (Wildman–Crippen LogP) is 4.37. The molecule has 4 nitrogen and oxygen atoms in total. The maximum Gasteiger partial charge on any atom is 0.265 e. The third-order valence-corrected chi connectivity index (χ3v) is 4.46. The van der Waals surface area contributed by atoms with Gasteiger partial charge in [-0.3, -0.25) is 4.79 Å². The SMILES string of the molecule is CCOc1ccc(NC(=O)[C@H](C)Oc2cccc3c2CCCC3)cc1. The summed E-state index contributed by atoms with van der Waals surface area (Å²) in [5, 5.41) is 2.89. The molecule has 0 unspecified atom stereocenters. The molecule has 0 radical (unpaired) electrons. The molecule has 4 heteroatoms. The number of benzene rings is 2. The molecule has 1 aliphatic rings. The van der Waals surface area contributed by atoms with E-state index in [9.17, 15) is 4.79 Å². The van der Waals surface area contributed by atoms with Gasteiger partial charge in [0.1, 0.15) is 11.5 Å². The first-order valence-corrected chi connectivity index (χ1v) is 8.98. The van der Waals surface area contributed by atoms with E-state index in [1.165, 1.54) is 24.0 Å². The molecule has 0 aliphatic heterocycles. The zero-order valence-electron chi connectivity index (χ0n) is 14.9. The van der Waals surface area contributed by atoms with Crippen molar-refractivity contribution in [1.82, 2.24) is 0 Å². The average Bonchev–Trinajstić information content (AvgIpc) is 2.64. The van der Waals surface area contributed by atoms with Crippen LogP contribution in [0.25, 0.3) is 0 Å². The van der Waals surface area contributed by atoms with Crippen LogP contribution >= 0.6 is 0 Å². The van der Waals surface area contributed by atoms with Gasteiger partial charge in [0, 0.05) is 5.69 Å². The number of hydrogen-bond acceptors (Lipinski definition) is 3. The van der Waals surface area contributed by atoms with Crippen molar-refractivity contribution >= 4 is 11.6 Å². The molecule has 132 valence electrons. The summed E-state index contributed by atoms with van der Waals surface area (Å²) in [6.07, 6.45) is 3.97. The van der Waals surface area contributed by atoms with Crippen LogP contribution in [-0.4, -0.2) is 18.6 Å². The van der Waals surface area contributed by atoms with Gasteiger partial charge in [-0.25, -0.2) is 0 Å². The Hall–Kier alpha value is -2.49. The van der Waals surface area contributed by atoms with Crippen LogP contribution in [0.2, 0.25) is 0 Å². The summed E-state index contributed by atoms with van der Waals surface area (Å²) < 4.78 is 11.4. The molecule has 1 aliphatic carbocycles. The molecule has 0 saturated heterocycles. The first-order chi connectivity index (χ1) is 12.2. The van der Waals surface area contributed by atoms with Crippen LogP contribution in [0.4, 0.5) is 5.69 Å². The van der Waals surface area contributed by atoms with Gasteiger partial charge >= 0.3 is 0 Å². The van der Waals surface area contributed by atoms with E-state index < -0.39 is 6.10 Å². The van der Waals surface area contributed by atoms with Crippen molar-refractivity contribution in [2.24, 2.45) is 0 Å². The van der Waals surface area contributed by atoms with Gasteiger partial charge in [-0.05, 0) is 81.0 Å². The maximum absolute atomic E-state index is 12.4. The molecule has 0 fully saturated rings. The molecule has 0 heterocycles. The van der Waals surface area contributed by atoms with E-state index in [2.05, 4.69) is 11.4 Å². The Labute approximate surface area is 149 Å². The summed E-state index contributed by atoms with van der Waals surface area (Å²) in [6, 6.07) is 13.5. The Morgan fingerprint density at radius 1 is 1.12 bits per heavy atom. The zero-order valence-corrected chi connectivity index (χ0v) is 14.9. The van der Waals surface area contributed by atoms with Gasteiger partial charge < -0.3 is 14.8 Å². The van der Waals surface area contributed by atoms with Gasteiger partial charge in [0.2, 0.25) is 0 Å². The van der Waals surface area contributed by atoms with Gasteiger partial charge in [0.05, 0.1) is 6.61 Å². The molecule has 0 aromatic heterocycles. The number of anilines is 1. The molecule has 0 bridgehead atoms. The molecule has 25 heavy (non-hydrogen) atoms. The molecule has 1 atom stereocenters. The number of nitrogens with one attached hydrogen (secondary N) is 1. The maximum atomic E-state index is 12.4. The Kier molecular flexibility index (Phi) is 5.59. The number of fused-ring (bicyclic) bond motifs is 1. The highest BCUT2D eigenvalue weighted by Gasteiger charge is 2.19. The largest absolute Gasteiger partial charge is 0.494 e. The van der Waals surface area contributed by atoms with Crippen molar-refractivity contribution in [3.8, 4) is 11.5 Å². The third kappa shape index (κ3) is 4.32. The smallest absolute Gasteiger partial charge is 0.265 e. The number of carbonyl (C=O) groups excluding carboxylic acids is 1. The summed E-state index contributed by atoms with van der Waals surface area (Å²) in [5.41, 5.74) is 3.34. The van der Waals surface area contributed by atoms with Crippen molar-refractivity contribution in [2.75, 3.05) is 11.9 Å².